The van der Waals surface area contributed by atoms with E-state index in [1.54, 1.807) is 22.7 Å². The Hall–Kier alpha value is -9.36. The minimum absolute atomic E-state index is 0.0719. The molecule has 0 atom stereocenters. The summed E-state index contributed by atoms with van der Waals surface area (Å²) in [7, 11) is 0. The van der Waals surface area contributed by atoms with Crippen LogP contribution in [0.15, 0.2) is 180 Å². The number of carbonyl (C=O) groups excluding carboxylic acids is 2. The first-order valence-electron chi connectivity index (χ1n) is 56.2. The van der Waals surface area contributed by atoms with Gasteiger partial charge < -0.3 is 0 Å². The van der Waals surface area contributed by atoms with Crippen molar-refractivity contribution in [3.05, 3.63) is 279 Å². The Morgan fingerprint density at radius 2 is 0.464 bits per heavy atom. The molecule has 0 amide bonds. The van der Waals surface area contributed by atoms with Crippen LogP contribution < -0.4 is 0 Å². The van der Waals surface area contributed by atoms with Gasteiger partial charge in [-0.05, 0) is 142 Å². The van der Waals surface area contributed by atoms with E-state index in [0.717, 1.165) is 70.9 Å². The summed E-state index contributed by atoms with van der Waals surface area (Å²) in [5.74, 6) is -0.371. The highest BCUT2D eigenvalue weighted by atomic mass is 32.1. The minimum Gasteiger partial charge on any atom is -0.289 e. The van der Waals surface area contributed by atoms with E-state index < -0.39 is 10.8 Å². The molecule has 4 aromatic heterocycles. The normalized spacial score (nSPS) is 14.1. The summed E-state index contributed by atoms with van der Waals surface area (Å²) in [6.07, 6.45) is 82.1. The van der Waals surface area contributed by atoms with Crippen LogP contribution in [0.4, 0.5) is 0 Å². The number of thiophene rings is 4. The van der Waals surface area contributed by atoms with Gasteiger partial charge in [0.25, 0.3) is 0 Å². The van der Waals surface area contributed by atoms with Crippen molar-refractivity contribution in [3.8, 4) is 43.8 Å². The molecule has 14 rings (SSSR count). The predicted molar refractivity (Wildman–Crippen MR) is 600 cm³/mol. The first-order chi connectivity index (χ1) is 69.1. The SMILES string of the molecule is CCCCCCCCCCCCCCCCc1ccc(C2(c3ccc(CCCCCCCCCCCCCCCC)cc3)c3cc(/C=C4\C(=O)c5ccccc5C4=C(C#N)C#N)sc3-c3sc4c5c(sc4c32)-c2sc(/C=C3\C(=O)c4ccccc4C3=C(C#N)C#N)cc2C5(c2ccc(CCCCCCCCCCCCCCCC)cc2)c2ccc(CCCCCCCCCCCCCCCC)cc2)cc1. The van der Waals surface area contributed by atoms with Crippen LogP contribution in [0.1, 0.15) is 496 Å². The van der Waals surface area contributed by atoms with E-state index in [0.29, 0.717) is 44.5 Å². The third-order valence-corrected chi connectivity index (χ3v) is 36.3. The van der Waals surface area contributed by atoms with Gasteiger partial charge in [0, 0.05) is 54.3 Å². The Morgan fingerprint density at radius 3 is 0.679 bits per heavy atom. The summed E-state index contributed by atoms with van der Waals surface area (Å²) < 4.78 is 2.50. The Morgan fingerprint density at radius 1 is 0.257 bits per heavy atom. The van der Waals surface area contributed by atoms with Crippen LogP contribution in [-0.2, 0) is 36.5 Å². The van der Waals surface area contributed by atoms with E-state index in [4.69, 9.17) is 0 Å². The quantitative estimate of drug-likeness (QED) is 0.0212. The molecule has 0 N–H and O–H groups in total. The largest absolute Gasteiger partial charge is 0.289 e. The summed E-state index contributed by atoms with van der Waals surface area (Å²) in [6, 6.07) is 67.6. The number of benzene rings is 6. The molecule has 0 spiro atoms. The molecule has 10 heteroatoms. The third-order valence-electron chi connectivity index (χ3n) is 31.2. The second-order valence-electron chi connectivity index (χ2n) is 41.5. The molecule has 0 saturated carbocycles. The lowest BCUT2D eigenvalue weighted by atomic mass is 9.67. The summed E-state index contributed by atoms with van der Waals surface area (Å²) >= 11 is 7.30. The number of aryl methyl sites for hydroxylation is 4. The number of hydrogen-bond acceptors (Lipinski definition) is 10. The zero-order valence-corrected chi connectivity index (χ0v) is 89.1. The topological polar surface area (TPSA) is 129 Å². The highest BCUT2D eigenvalue weighted by Gasteiger charge is 2.56. The number of fused-ring (bicyclic) bond motifs is 11. The number of hydrogen-bond donors (Lipinski definition) is 0. The number of allylic oxidation sites excluding steroid dienone is 6. The maximum Gasteiger partial charge on any atom is 0.194 e. The monoisotopic (exact) mass is 1940 g/mol. The van der Waals surface area contributed by atoms with E-state index in [2.05, 4.69) is 161 Å². The molecule has 6 nitrogen and oxygen atoms in total. The fourth-order valence-electron chi connectivity index (χ4n) is 23.4. The van der Waals surface area contributed by atoms with E-state index >= 15 is 9.59 Å². The van der Waals surface area contributed by atoms with Gasteiger partial charge in [0.2, 0.25) is 0 Å². The molecule has 0 aliphatic heterocycles. The third kappa shape index (κ3) is 26.6. The fraction of sp³-hybridized carbons (Fsp3) is 0.508. The van der Waals surface area contributed by atoms with Crippen molar-refractivity contribution in [1.82, 2.24) is 0 Å². The lowest BCUT2D eigenvalue weighted by Gasteiger charge is -2.34. The predicted octanol–water partition coefficient (Wildman–Crippen LogP) is 40.1. The maximum absolute atomic E-state index is 15.2. The van der Waals surface area contributed by atoms with Crippen molar-refractivity contribution >= 4 is 89.6 Å². The molecule has 6 aromatic carbocycles. The van der Waals surface area contributed by atoms with Crippen molar-refractivity contribution in [1.29, 1.82) is 21.0 Å². The van der Waals surface area contributed by atoms with Crippen LogP contribution in [0, 0.1) is 45.3 Å². The van der Waals surface area contributed by atoms with Crippen LogP contribution in [0.3, 0.4) is 0 Å². The Bertz CT molecular complexity index is 5390. The van der Waals surface area contributed by atoms with Crippen molar-refractivity contribution in [3.63, 3.8) is 0 Å². The highest BCUT2D eigenvalue weighted by Crippen LogP contribution is 2.71. The molecule has 10 aromatic rings. The maximum atomic E-state index is 15.2. The number of Topliss-reactive ketones (excluding diaryl/α,β-unsaturated/α-hetero) is 2. The minimum atomic E-state index is -0.873. The van der Waals surface area contributed by atoms with Gasteiger partial charge in [0.1, 0.15) is 35.4 Å². The lowest BCUT2D eigenvalue weighted by Crippen LogP contribution is -2.29. The molecule has 0 unspecified atom stereocenters. The number of nitrogens with zero attached hydrogens (tertiary/aromatic N) is 4. The summed E-state index contributed by atoms with van der Waals surface area (Å²) in [5, 5.41) is 43.0. The van der Waals surface area contributed by atoms with Crippen molar-refractivity contribution in [2.45, 2.75) is 424 Å². The second kappa shape index (κ2) is 56.6. The molecule has 0 radical (unpaired) electrons. The van der Waals surface area contributed by atoms with Crippen LogP contribution >= 0.6 is 45.3 Å². The second-order valence-corrected chi connectivity index (χ2v) is 45.7. The summed E-state index contributed by atoms with van der Waals surface area (Å²) in [6.45, 7) is 9.21. The Labute approximate surface area is 859 Å². The smallest absolute Gasteiger partial charge is 0.194 e. The number of ketones is 2. The van der Waals surface area contributed by atoms with Gasteiger partial charge in [0.15, 0.2) is 11.6 Å². The van der Waals surface area contributed by atoms with E-state index in [-0.39, 0.29) is 22.7 Å². The molecule has 4 aliphatic carbocycles. The number of nitriles is 4. The fourth-order valence-corrected chi connectivity index (χ4v) is 29.1. The summed E-state index contributed by atoms with van der Waals surface area (Å²) in [5.41, 5.74) is 16.9. The molecule has 736 valence electrons. The van der Waals surface area contributed by atoms with Crippen molar-refractivity contribution < 1.29 is 9.59 Å². The lowest BCUT2D eigenvalue weighted by molar-refractivity contribution is 0.103. The molecule has 0 bridgehead atoms. The zero-order valence-electron chi connectivity index (χ0n) is 85.8. The molecule has 0 fully saturated rings. The first kappa shape index (κ1) is 106. The molecule has 4 heterocycles. The van der Waals surface area contributed by atoms with Gasteiger partial charge in [-0.15, -0.1) is 45.3 Å². The average molecular weight is 1940 g/mol. The molecule has 0 saturated heterocycles. The Balaban J connectivity index is 0.880. The van der Waals surface area contributed by atoms with E-state index in [9.17, 15) is 21.0 Å². The number of unbranched alkanes of at least 4 members (excludes halogenated alkanes) is 52. The molecular formula is C130H160N4O2S4. The van der Waals surface area contributed by atoms with Crippen molar-refractivity contribution in [2.75, 3.05) is 0 Å². The first-order valence-corrected chi connectivity index (χ1v) is 59.4. The van der Waals surface area contributed by atoms with Gasteiger partial charge in [-0.3, -0.25) is 9.59 Å². The number of carbonyl (C=O) groups is 2. The van der Waals surface area contributed by atoms with Gasteiger partial charge in [-0.25, -0.2) is 0 Å². The molecule has 4 aliphatic rings. The zero-order chi connectivity index (χ0) is 97.4. The molecule has 140 heavy (non-hydrogen) atoms. The summed E-state index contributed by atoms with van der Waals surface area (Å²) in [4.78, 5) is 36.8. The van der Waals surface area contributed by atoms with Crippen molar-refractivity contribution in [2.24, 2.45) is 0 Å². The van der Waals surface area contributed by atoms with Crippen LogP contribution in [0.5, 0.6) is 0 Å². The number of rotatable bonds is 66. The highest BCUT2D eigenvalue weighted by molar-refractivity contribution is 7.34. The van der Waals surface area contributed by atoms with Gasteiger partial charge in [-0.2, -0.15) is 21.0 Å². The van der Waals surface area contributed by atoms with Crippen LogP contribution in [-0.4, -0.2) is 11.6 Å². The van der Waals surface area contributed by atoms with Crippen LogP contribution in [0.2, 0.25) is 0 Å². The van der Waals surface area contributed by atoms with E-state index in [1.165, 1.54) is 420 Å². The van der Waals surface area contributed by atoms with E-state index in [1.807, 2.05) is 83.4 Å². The van der Waals surface area contributed by atoms with Gasteiger partial charge >= 0.3 is 0 Å². The molecular weight excluding hydrogens is 1780 g/mol. The Kier molecular flexibility index (Phi) is 43.0. The van der Waals surface area contributed by atoms with Gasteiger partial charge in [-0.1, -0.05) is 507 Å². The van der Waals surface area contributed by atoms with Gasteiger partial charge in [0.05, 0.1) is 39.7 Å². The average Bonchev–Trinajstić information content (AvgIpc) is 1.48. The standard InChI is InChI=1S/C130H160N4O2S4/c1-5-9-13-17-21-25-29-33-37-41-45-49-53-57-65-97-73-81-103(82-74-97)129(104-83-75-98(76-84-104)66-58-54-50-46-42-38-34-30-26-22-18-14-10-6-2)115-91-107(89-113-117(101(93-131)94-132)109-69-61-63-71-111(109)121(113)135)137-123(115)125-119(129)127-128(139-125)120-126(140-127)124-116(92-108(138-124)90-114-118(102(95-133)96-134)110-70-62-64-72-112(110)122(114)136)130(120,105-85-77-99(78-86-105)67-59-55-51-47-43-39-35-31-27-23-19-15-11-7-3)106-87-79-100(80-88-106)68-60-56-52-48-44-40-36-32-28-24-20-16-12-8-4/h61-64,69-92H,5-60,65-68H2,1-4H3/b113-89-,114-90-. The van der Waals surface area contributed by atoms with Crippen LogP contribution in [0.25, 0.3) is 52.2 Å².